The van der Waals surface area contributed by atoms with Gasteiger partial charge in [-0.05, 0) is 54.9 Å². The molecule has 1 aromatic heterocycles. The van der Waals surface area contributed by atoms with Gasteiger partial charge in [0.1, 0.15) is 0 Å². The van der Waals surface area contributed by atoms with Gasteiger partial charge < -0.3 is 10.4 Å². The number of rotatable bonds is 6. The number of piperidine rings is 1. The summed E-state index contributed by atoms with van der Waals surface area (Å²) >= 11 is 1.79. The third-order valence-corrected chi connectivity index (χ3v) is 5.29. The van der Waals surface area contributed by atoms with Crippen molar-refractivity contribution in [2.45, 2.75) is 25.9 Å². The van der Waals surface area contributed by atoms with Crippen molar-refractivity contribution in [3.8, 4) is 0 Å². The topological polar surface area (TPSA) is 35.5 Å². The first-order chi connectivity index (χ1) is 10.8. The first-order valence-electron chi connectivity index (χ1n) is 8.02. The van der Waals surface area contributed by atoms with Crippen molar-refractivity contribution < 1.29 is 5.11 Å². The van der Waals surface area contributed by atoms with Gasteiger partial charge in [-0.25, -0.2) is 0 Å². The molecule has 2 N–H and O–H groups in total. The van der Waals surface area contributed by atoms with E-state index in [0.717, 1.165) is 39.0 Å². The molecule has 4 heteroatoms. The van der Waals surface area contributed by atoms with E-state index in [1.54, 1.807) is 11.3 Å². The van der Waals surface area contributed by atoms with Crippen LogP contribution in [0.4, 0.5) is 5.69 Å². The summed E-state index contributed by atoms with van der Waals surface area (Å²) in [6.45, 7) is 4.40. The van der Waals surface area contributed by atoms with Crippen LogP contribution in [0, 0.1) is 5.92 Å². The molecule has 1 aliphatic heterocycles. The van der Waals surface area contributed by atoms with Crippen molar-refractivity contribution in [1.82, 2.24) is 4.90 Å². The molecule has 0 spiro atoms. The highest BCUT2D eigenvalue weighted by molar-refractivity contribution is 7.09. The van der Waals surface area contributed by atoms with E-state index in [0.29, 0.717) is 12.5 Å². The van der Waals surface area contributed by atoms with E-state index in [-0.39, 0.29) is 0 Å². The fourth-order valence-corrected chi connectivity index (χ4v) is 3.64. The fraction of sp³-hybridized carbons (Fsp3) is 0.444. The van der Waals surface area contributed by atoms with Gasteiger partial charge >= 0.3 is 0 Å². The van der Waals surface area contributed by atoms with Crippen LogP contribution < -0.4 is 5.32 Å². The Morgan fingerprint density at radius 3 is 2.68 bits per heavy atom. The summed E-state index contributed by atoms with van der Waals surface area (Å²) in [6.07, 6.45) is 2.22. The lowest BCUT2D eigenvalue weighted by Crippen LogP contribution is -2.34. The summed E-state index contributed by atoms with van der Waals surface area (Å²) in [4.78, 5) is 3.86. The van der Waals surface area contributed by atoms with Crippen molar-refractivity contribution in [3.63, 3.8) is 0 Å². The second-order valence-electron chi connectivity index (χ2n) is 5.99. The van der Waals surface area contributed by atoms with Crippen molar-refractivity contribution >= 4 is 17.0 Å². The van der Waals surface area contributed by atoms with Gasteiger partial charge in [-0.2, -0.15) is 0 Å². The van der Waals surface area contributed by atoms with E-state index in [1.807, 2.05) is 0 Å². The summed E-state index contributed by atoms with van der Waals surface area (Å²) in [5.74, 6) is 0.503. The SMILES string of the molecule is OCC1CCN(Cc2ccccc2NCc2cccs2)CC1. The number of aliphatic hydroxyl groups excluding tert-OH is 1. The van der Waals surface area contributed by atoms with Crippen molar-refractivity contribution in [3.05, 3.63) is 52.2 Å². The monoisotopic (exact) mass is 316 g/mol. The molecule has 22 heavy (non-hydrogen) atoms. The minimum Gasteiger partial charge on any atom is -0.396 e. The van der Waals surface area contributed by atoms with E-state index in [1.165, 1.54) is 16.1 Å². The van der Waals surface area contributed by atoms with Crippen molar-refractivity contribution in [2.24, 2.45) is 5.92 Å². The maximum absolute atomic E-state index is 9.24. The molecule has 0 radical (unpaired) electrons. The molecule has 0 amide bonds. The first-order valence-corrected chi connectivity index (χ1v) is 8.90. The molecule has 0 saturated carbocycles. The first kappa shape index (κ1) is 15.5. The van der Waals surface area contributed by atoms with Crippen LogP contribution in [0.5, 0.6) is 0 Å². The van der Waals surface area contributed by atoms with Gasteiger partial charge in [0.2, 0.25) is 0 Å². The molecule has 3 rings (SSSR count). The number of aliphatic hydroxyl groups is 1. The van der Waals surface area contributed by atoms with Crippen LogP contribution in [0.15, 0.2) is 41.8 Å². The average Bonchev–Trinajstić information content (AvgIpc) is 3.08. The quantitative estimate of drug-likeness (QED) is 0.855. The number of nitrogens with one attached hydrogen (secondary N) is 1. The maximum atomic E-state index is 9.24. The molecule has 0 bridgehead atoms. The zero-order chi connectivity index (χ0) is 15.2. The van der Waals surface area contributed by atoms with Gasteiger partial charge in [-0.1, -0.05) is 24.3 Å². The molecule has 118 valence electrons. The summed E-state index contributed by atoms with van der Waals surface area (Å²) in [6, 6.07) is 12.9. The van der Waals surface area contributed by atoms with Crippen molar-refractivity contribution in [2.75, 3.05) is 25.0 Å². The van der Waals surface area contributed by atoms with Crippen LogP contribution in [-0.4, -0.2) is 29.7 Å². The lowest BCUT2D eigenvalue weighted by molar-refractivity contribution is 0.127. The Kier molecular flexibility index (Phi) is 5.48. The highest BCUT2D eigenvalue weighted by atomic mass is 32.1. The second kappa shape index (κ2) is 7.77. The molecule has 0 atom stereocenters. The molecule has 0 aliphatic carbocycles. The van der Waals surface area contributed by atoms with E-state index >= 15 is 0 Å². The molecule has 1 aliphatic rings. The van der Waals surface area contributed by atoms with Crippen LogP contribution in [0.25, 0.3) is 0 Å². The number of likely N-dealkylation sites (tertiary alicyclic amines) is 1. The van der Waals surface area contributed by atoms with Gasteiger partial charge in [-0.15, -0.1) is 11.3 Å². The highest BCUT2D eigenvalue weighted by Crippen LogP contribution is 2.23. The van der Waals surface area contributed by atoms with Crippen LogP contribution in [0.1, 0.15) is 23.3 Å². The largest absolute Gasteiger partial charge is 0.396 e. The van der Waals surface area contributed by atoms with Gasteiger partial charge in [0.25, 0.3) is 0 Å². The normalized spacial score (nSPS) is 16.8. The maximum Gasteiger partial charge on any atom is 0.0494 e. The number of thiophene rings is 1. The number of hydrogen-bond acceptors (Lipinski definition) is 4. The highest BCUT2D eigenvalue weighted by Gasteiger charge is 2.19. The lowest BCUT2D eigenvalue weighted by Gasteiger charge is -2.31. The Hall–Kier alpha value is -1.36. The Labute approximate surface area is 136 Å². The summed E-state index contributed by atoms with van der Waals surface area (Å²) in [7, 11) is 0. The van der Waals surface area contributed by atoms with Crippen LogP contribution in [0.2, 0.25) is 0 Å². The zero-order valence-corrected chi connectivity index (χ0v) is 13.7. The smallest absolute Gasteiger partial charge is 0.0494 e. The lowest BCUT2D eigenvalue weighted by atomic mass is 9.97. The number of hydrogen-bond donors (Lipinski definition) is 2. The molecule has 0 unspecified atom stereocenters. The van der Waals surface area contributed by atoms with Crippen molar-refractivity contribution in [1.29, 1.82) is 0 Å². The third-order valence-electron chi connectivity index (χ3n) is 4.41. The molecule has 3 nitrogen and oxygen atoms in total. The Bertz CT molecular complexity index is 562. The van der Waals surface area contributed by atoms with Gasteiger partial charge in [0.15, 0.2) is 0 Å². The van der Waals surface area contributed by atoms with E-state index in [9.17, 15) is 5.11 Å². The molecular weight excluding hydrogens is 292 g/mol. The standard InChI is InChI=1S/C18H24N2OS/c21-14-15-7-9-20(10-8-15)13-16-4-1-2-6-18(16)19-12-17-5-3-11-22-17/h1-6,11,15,19,21H,7-10,12-14H2. The van der Waals surface area contributed by atoms with E-state index in [4.69, 9.17) is 0 Å². The minimum absolute atomic E-state index is 0.340. The molecule has 1 aromatic carbocycles. The van der Waals surface area contributed by atoms with Gasteiger partial charge in [0, 0.05) is 30.3 Å². The van der Waals surface area contributed by atoms with Crippen LogP contribution in [0.3, 0.4) is 0 Å². The predicted octanol–water partition coefficient (Wildman–Crippen LogP) is 3.56. The summed E-state index contributed by atoms with van der Waals surface area (Å²) in [5, 5.41) is 14.9. The molecular formula is C18H24N2OS. The second-order valence-corrected chi connectivity index (χ2v) is 7.02. The van der Waals surface area contributed by atoms with E-state index < -0.39 is 0 Å². The molecule has 2 aromatic rings. The Balaban J connectivity index is 1.59. The Morgan fingerprint density at radius 1 is 1.14 bits per heavy atom. The number of benzene rings is 1. The van der Waals surface area contributed by atoms with Gasteiger partial charge in [0.05, 0.1) is 0 Å². The average molecular weight is 316 g/mol. The van der Waals surface area contributed by atoms with E-state index in [2.05, 4.69) is 52.0 Å². The Morgan fingerprint density at radius 2 is 1.95 bits per heavy atom. The fourth-order valence-electron chi connectivity index (χ4n) is 2.99. The summed E-state index contributed by atoms with van der Waals surface area (Å²) < 4.78 is 0. The molecule has 2 heterocycles. The zero-order valence-electron chi connectivity index (χ0n) is 12.9. The minimum atomic E-state index is 0.340. The van der Waals surface area contributed by atoms with Crippen LogP contribution >= 0.6 is 11.3 Å². The number of nitrogens with zero attached hydrogens (tertiary/aromatic N) is 1. The van der Waals surface area contributed by atoms with Crippen LogP contribution in [-0.2, 0) is 13.1 Å². The summed E-state index contributed by atoms with van der Waals surface area (Å²) in [5.41, 5.74) is 2.60. The van der Waals surface area contributed by atoms with Gasteiger partial charge in [-0.3, -0.25) is 4.90 Å². The number of anilines is 1. The molecule has 1 fully saturated rings. The third kappa shape index (κ3) is 4.09. The predicted molar refractivity (Wildman–Crippen MR) is 93.2 cm³/mol. The molecule has 1 saturated heterocycles. The number of para-hydroxylation sites is 1.